The first-order valence-electron chi connectivity index (χ1n) is 11.2. The fourth-order valence-corrected chi connectivity index (χ4v) is 4.02. The molecule has 3 rings (SSSR count). The van der Waals surface area contributed by atoms with E-state index < -0.39 is 24.0 Å². The largest absolute Gasteiger partial charge is 0.490 e. The molecule has 1 atom stereocenters. The lowest BCUT2D eigenvalue weighted by Gasteiger charge is -2.37. The molecule has 1 heterocycles. The van der Waals surface area contributed by atoms with E-state index in [0.29, 0.717) is 43.4 Å². The van der Waals surface area contributed by atoms with Gasteiger partial charge in [0, 0.05) is 6.54 Å². The Kier molecular flexibility index (Phi) is 8.34. The summed E-state index contributed by atoms with van der Waals surface area (Å²) in [7, 11) is 2.59. The lowest BCUT2D eigenvalue weighted by atomic mass is 9.90. The molecule has 0 spiro atoms. The van der Waals surface area contributed by atoms with Crippen molar-refractivity contribution in [1.29, 1.82) is 0 Å². The molecule has 9 heteroatoms. The van der Waals surface area contributed by atoms with Gasteiger partial charge in [-0.1, -0.05) is 12.1 Å². The number of anilines is 1. The maximum Gasteiger partial charge on any atom is 0.339 e. The molecule has 2 amide bonds. The second kappa shape index (κ2) is 11.4. The Bertz CT molecular complexity index is 1050. The lowest BCUT2D eigenvalue weighted by Crippen LogP contribution is -2.43. The maximum absolute atomic E-state index is 13.4. The number of methoxy groups -OCH3 is 2. The summed E-state index contributed by atoms with van der Waals surface area (Å²) in [6.45, 7) is 5.06. The molecule has 0 aromatic heterocycles. The predicted octanol–water partition coefficient (Wildman–Crippen LogP) is 3.97. The van der Waals surface area contributed by atoms with Crippen molar-refractivity contribution in [2.75, 3.05) is 39.3 Å². The Labute approximate surface area is 198 Å². The number of amides is 2. The van der Waals surface area contributed by atoms with Crippen LogP contribution in [0.15, 0.2) is 36.4 Å². The van der Waals surface area contributed by atoms with Crippen molar-refractivity contribution in [2.24, 2.45) is 0 Å². The summed E-state index contributed by atoms with van der Waals surface area (Å²) in [6.07, 6.45) is 0.528. The monoisotopic (exact) mass is 470 g/mol. The van der Waals surface area contributed by atoms with Crippen LogP contribution in [0.4, 0.5) is 10.5 Å². The Morgan fingerprint density at radius 1 is 1.00 bits per heavy atom. The van der Waals surface area contributed by atoms with Gasteiger partial charge in [0.1, 0.15) is 0 Å². The van der Waals surface area contributed by atoms with Crippen LogP contribution in [0.25, 0.3) is 0 Å². The number of carbonyl (C=O) groups excluding carboxylic acids is 3. The third-order valence-corrected chi connectivity index (χ3v) is 5.59. The van der Waals surface area contributed by atoms with E-state index in [1.54, 1.807) is 29.2 Å². The number of ether oxygens (including phenoxy) is 4. The van der Waals surface area contributed by atoms with Crippen LogP contribution in [0.2, 0.25) is 0 Å². The molecule has 9 nitrogen and oxygen atoms in total. The number of hydrogen-bond acceptors (Lipinski definition) is 7. The van der Waals surface area contributed by atoms with Crippen LogP contribution in [0, 0.1) is 0 Å². The van der Waals surface area contributed by atoms with Crippen molar-refractivity contribution < 1.29 is 33.3 Å². The smallest absolute Gasteiger partial charge is 0.339 e. The zero-order valence-corrected chi connectivity index (χ0v) is 19.9. The molecule has 0 saturated heterocycles. The number of hydrogen-bond donors (Lipinski definition) is 1. The summed E-state index contributed by atoms with van der Waals surface area (Å²) in [5.74, 6) is 0.175. The first kappa shape index (κ1) is 24.9. The molecule has 0 unspecified atom stereocenters. The van der Waals surface area contributed by atoms with E-state index in [-0.39, 0.29) is 12.0 Å². The molecule has 1 aliphatic rings. The van der Waals surface area contributed by atoms with Gasteiger partial charge in [0.05, 0.1) is 51.1 Å². The van der Waals surface area contributed by atoms with Crippen LogP contribution in [0.3, 0.4) is 0 Å². The molecular weight excluding hydrogens is 440 g/mol. The van der Waals surface area contributed by atoms with Gasteiger partial charge >= 0.3 is 18.0 Å². The minimum Gasteiger partial charge on any atom is -0.490 e. The number of carbonyl (C=O) groups is 3. The van der Waals surface area contributed by atoms with E-state index >= 15 is 0 Å². The van der Waals surface area contributed by atoms with E-state index in [9.17, 15) is 14.4 Å². The molecule has 182 valence electrons. The molecule has 2 aromatic rings. The molecule has 0 radical (unpaired) electrons. The highest BCUT2D eigenvalue weighted by Gasteiger charge is 2.34. The van der Waals surface area contributed by atoms with Crippen molar-refractivity contribution in [3.05, 3.63) is 53.1 Å². The van der Waals surface area contributed by atoms with E-state index in [1.165, 1.54) is 14.2 Å². The van der Waals surface area contributed by atoms with E-state index in [4.69, 9.17) is 18.9 Å². The third-order valence-electron chi connectivity index (χ3n) is 5.59. The fraction of sp³-hybridized carbons (Fsp3) is 0.400. The third kappa shape index (κ3) is 5.41. The van der Waals surface area contributed by atoms with Gasteiger partial charge in [-0.3, -0.25) is 4.79 Å². The number of benzene rings is 2. The van der Waals surface area contributed by atoms with Crippen molar-refractivity contribution >= 4 is 23.7 Å². The van der Waals surface area contributed by atoms with Crippen molar-refractivity contribution in [2.45, 2.75) is 32.7 Å². The highest BCUT2D eigenvalue weighted by atomic mass is 16.5. The van der Waals surface area contributed by atoms with Gasteiger partial charge < -0.3 is 29.2 Å². The number of urea groups is 1. The van der Waals surface area contributed by atoms with Gasteiger partial charge in [0.25, 0.3) is 0 Å². The molecule has 1 N–H and O–H groups in total. The van der Waals surface area contributed by atoms with Gasteiger partial charge in [-0.15, -0.1) is 0 Å². The first-order chi connectivity index (χ1) is 16.4. The highest BCUT2D eigenvalue weighted by molar-refractivity contribution is 6.01. The molecule has 2 aromatic carbocycles. The molecule has 0 fully saturated rings. The number of para-hydroxylation sites is 1. The van der Waals surface area contributed by atoms with E-state index in [2.05, 4.69) is 5.32 Å². The molecule has 0 saturated carbocycles. The van der Waals surface area contributed by atoms with Crippen LogP contribution in [0.1, 0.15) is 47.8 Å². The van der Waals surface area contributed by atoms with Gasteiger partial charge in [0.15, 0.2) is 11.5 Å². The topological polar surface area (TPSA) is 103 Å². The summed E-state index contributed by atoms with van der Waals surface area (Å²) < 4.78 is 21.2. The Morgan fingerprint density at radius 3 is 2.32 bits per heavy atom. The number of rotatable bonds is 8. The van der Waals surface area contributed by atoms with Crippen LogP contribution in [-0.4, -0.2) is 56.8 Å². The zero-order chi connectivity index (χ0) is 24.7. The molecule has 0 bridgehead atoms. The van der Waals surface area contributed by atoms with Crippen molar-refractivity contribution in [1.82, 2.24) is 4.90 Å². The SMILES string of the molecule is CCOc1cc2c(cc1OCC)[C@@H](CC(=O)OC)N(C(=O)Nc1ccccc1C(=O)OC)CC2. The summed E-state index contributed by atoms with van der Waals surface area (Å²) in [4.78, 5) is 39.3. The molecule has 1 aliphatic heterocycles. The maximum atomic E-state index is 13.4. The zero-order valence-electron chi connectivity index (χ0n) is 19.9. The molecule has 0 aliphatic carbocycles. The standard InChI is InChI=1S/C25H30N2O7/c1-5-33-21-13-16-11-12-27(20(15-23(28)31-3)18(16)14-22(21)34-6-2)25(30)26-19-10-8-7-9-17(19)24(29)32-4/h7-10,13-14,20H,5-6,11-12,15H2,1-4H3,(H,26,30)/t20-/m1/s1. The van der Waals surface area contributed by atoms with Gasteiger partial charge in [-0.25, -0.2) is 9.59 Å². The predicted molar refractivity (Wildman–Crippen MR) is 125 cm³/mol. The quantitative estimate of drug-likeness (QED) is 0.583. The number of esters is 2. The van der Waals surface area contributed by atoms with E-state index in [1.807, 2.05) is 26.0 Å². The van der Waals surface area contributed by atoms with Gasteiger partial charge in [-0.2, -0.15) is 0 Å². The Balaban J connectivity index is 1.97. The Hall–Kier alpha value is -3.75. The fourth-order valence-electron chi connectivity index (χ4n) is 4.02. The summed E-state index contributed by atoms with van der Waals surface area (Å²) in [5, 5.41) is 2.80. The average Bonchev–Trinajstić information content (AvgIpc) is 2.84. The van der Waals surface area contributed by atoms with Crippen molar-refractivity contribution in [3.8, 4) is 11.5 Å². The summed E-state index contributed by atoms with van der Waals surface area (Å²) in [6, 6.07) is 9.31. The minimum absolute atomic E-state index is 0.0326. The average molecular weight is 471 g/mol. The number of nitrogens with zero attached hydrogens (tertiary/aromatic N) is 1. The second-order valence-corrected chi connectivity index (χ2v) is 7.57. The molecular formula is C25H30N2O7. The summed E-state index contributed by atoms with van der Waals surface area (Å²) >= 11 is 0. The van der Waals surface area contributed by atoms with E-state index in [0.717, 1.165) is 11.1 Å². The van der Waals surface area contributed by atoms with Crippen molar-refractivity contribution in [3.63, 3.8) is 0 Å². The number of fused-ring (bicyclic) bond motifs is 1. The second-order valence-electron chi connectivity index (χ2n) is 7.57. The molecule has 34 heavy (non-hydrogen) atoms. The minimum atomic E-state index is -0.587. The summed E-state index contributed by atoms with van der Waals surface area (Å²) in [5.41, 5.74) is 2.32. The Morgan fingerprint density at radius 2 is 1.68 bits per heavy atom. The van der Waals surface area contributed by atoms with Crippen LogP contribution in [-0.2, 0) is 20.7 Å². The van der Waals surface area contributed by atoms with Gasteiger partial charge in [0.2, 0.25) is 0 Å². The normalized spacial score (nSPS) is 14.6. The van der Waals surface area contributed by atoms with Gasteiger partial charge in [-0.05, 0) is 55.7 Å². The first-order valence-corrected chi connectivity index (χ1v) is 11.2. The lowest BCUT2D eigenvalue weighted by molar-refractivity contribution is -0.141. The van der Waals surface area contributed by atoms with Crippen LogP contribution < -0.4 is 14.8 Å². The van der Waals surface area contributed by atoms with Crippen LogP contribution in [0.5, 0.6) is 11.5 Å². The van der Waals surface area contributed by atoms with Crippen LogP contribution >= 0.6 is 0 Å². The number of nitrogens with one attached hydrogen (secondary N) is 1. The highest BCUT2D eigenvalue weighted by Crippen LogP contribution is 2.40.